The van der Waals surface area contributed by atoms with Gasteiger partial charge in [0, 0.05) is 49.7 Å². The number of carbonyl (C=O) groups is 2. The van der Waals surface area contributed by atoms with Crippen molar-refractivity contribution >= 4 is 11.8 Å². The van der Waals surface area contributed by atoms with Crippen LogP contribution in [0.25, 0.3) is 11.3 Å². The van der Waals surface area contributed by atoms with E-state index in [0.29, 0.717) is 19.1 Å². The van der Waals surface area contributed by atoms with Gasteiger partial charge in [-0.2, -0.15) is 0 Å². The number of nitrogens with one attached hydrogen (secondary N) is 1. The van der Waals surface area contributed by atoms with Gasteiger partial charge in [-0.1, -0.05) is 30.2 Å². The molecule has 0 atom stereocenters. The first-order valence-electron chi connectivity index (χ1n) is 13.4. The van der Waals surface area contributed by atoms with Gasteiger partial charge >= 0.3 is 0 Å². The molecule has 2 fully saturated rings. The number of amides is 2. The van der Waals surface area contributed by atoms with E-state index in [2.05, 4.69) is 27.0 Å². The van der Waals surface area contributed by atoms with E-state index in [9.17, 15) is 22.8 Å². The first-order chi connectivity index (χ1) is 19.4. The monoisotopic (exact) mass is 546 g/mol. The smallest absolute Gasteiger partial charge is 0.296 e. The van der Waals surface area contributed by atoms with E-state index < -0.39 is 34.6 Å². The molecule has 0 radical (unpaired) electrons. The molecule has 0 spiro atoms. The van der Waals surface area contributed by atoms with Crippen molar-refractivity contribution in [1.29, 1.82) is 0 Å². The number of hydrogen-bond acceptors (Lipinski definition) is 4. The van der Waals surface area contributed by atoms with Crippen LogP contribution in [0.15, 0.2) is 60.7 Å². The number of piperidine rings is 2. The minimum Gasteiger partial charge on any atom is -0.342 e. The average molecular weight is 547 g/mol. The van der Waals surface area contributed by atoms with E-state index in [1.807, 2.05) is 30.3 Å². The maximum atomic E-state index is 14.4. The lowest BCUT2D eigenvalue weighted by atomic mass is 9.97. The van der Waals surface area contributed by atoms with Crippen LogP contribution in [0.1, 0.15) is 41.7 Å². The Morgan fingerprint density at radius 2 is 1.48 bits per heavy atom. The largest absolute Gasteiger partial charge is 0.342 e. The van der Waals surface area contributed by atoms with Crippen molar-refractivity contribution < 1.29 is 22.8 Å². The number of nitrogens with zero attached hydrogens (tertiary/aromatic N) is 3. The fourth-order valence-electron chi connectivity index (χ4n) is 5.34. The molecule has 3 heterocycles. The van der Waals surface area contributed by atoms with Crippen molar-refractivity contribution in [3.05, 3.63) is 89.4 Å². The molecule has 2 amide bonds. The van der Waals surface area contributed by atoms with E-state index in [4.69, 9.17) is 0 Å². The molecule has 40 heavy (non-hydrogen) atoms. The van der Waals surface area contributed by atoms with Crippen LogP contribution in [0.2, 0.25) is 0 Å². The highest BCUT2D eigenvalue weighted by Gasteiger charge is 2.31. The minimum absolute atomic E-state index is 0.0515. The summed E-state index contributed by atoms with van der Waals surface area (Å²) >= 11 is 0. The van der Waals surface area contributed by atoms with Gasteiger partial charge < -0.3 is 15.1 Å². The number of carbonyl (C=O) groups excluding carboxylic acids is 2. The van der Waals surface area contributed by atoms with Gasteiger partial charge in [-0.15, -0.1) is 0 Å². The van der Waals surface area contributed by atoms with Crippen molar-refractivity contribution in [2.24, 2.45) is 0 Å². The zero-order valence-corrected chi connectivity index (χ0v) is 21.9. The number of rotatable bonds is 4. The first kappa shape index (κ1) is 27.4. The van der Waals surface area contributed by atoms with E-state index in [1.54, 1.807) is 4.90 Å². The molecule has 2 saturated heterocycles. The fourth-order valence-corrected chi connectivity index (χ4v) is 5.34. The molecule has 2 aliphatic heterocycles. The van der Waals surface area contributed by atoms with Crippen LogP contribution in [-0.4, -0.2) is 64.9 Å². The highest BCUT2D eigenvalue weighted by molar-refractivity contribution is 5.94. The third-order valence-corrected chi connectivity index (χ3v) is 7.49. The van der Waals surface area contributed by atoms with Gasteiger partial charge in [-0.25, -0.2) is 18.2 Å². The second kappa shape index (κ2) is 12.3. The van der Waals surface area contributed by atoms with Crippen LogP contribution in [0.5, 0.6) is 0 Å². The fraction of sp³-hybridized carbons (Fsp3) is 0.323. The Kier molecular flexibility index (Phi) is 8.46. The predicted molar refractivity (Wildman–Crippen MR) is 145 cm³/mol. The molecule has 9 heteroatoms. The van der Waals surface area contributed by atoms with Crippen LogP contribution in [0.4, 0.5) is 13.2 Å². The predicted octanol–water partition coefficient (Wildman–Crippen LogP) is 4.40. The average Bonchev–Trinajstić information content (AvgIpc) is 2.97. The van der Waals surface area contributed by atoms with Gasteiger partial charge in [-0.3, -0.25) is 9.59 Å². The van der Waals surface area contributed by atoms with E-state index >= 15 is 0 Å². The highest BCUT2D eigenvalue weighted by Crippen LogP contribution is 2.28. The SMILES string of the molecule is O=C(C#Cc1ccccc1)NC1CCN(C2CCN(C(=O)c3ccc(F)c(-c4c(F)cccc4F)n3)CC2)CC1. The maximum Gasteiger partial charge on any atom is 0.296 e. The molecule has 2 aliphatic rings. The molecule has 1 N–H and O–H groups in total. The molecule has 5 rings (SSSR count). The Hall–Kier alpha value is -4.16. The molecule has 0 bridgehead atoms. The summed E-state index contributed by atoms with van der Waals surface area (Å²) in [5, 5.41) is 3.01. The standard InChI is InChI=1S/C31H29F3N4O2/c32-24-7-4-8-25(33)29(24)30-26(34)10-11-27(36-30)31(40)38-19-15-23(16-20-38)37-17-13-22(14-18-37)35-28(39)12-9-21-5-2-1-3-6-21/h1-8,10-11,22-23H,13-20H2,(H,35,39). The van der Waals surface area contributed by atoms with Crippen LogP contribution >= 0.6 is 0 Å². The number of likely N-dealkylation sites (tertiary alicyclic amines) is 2. The lowest BCUT2D eigenvalue weighted by Crippen LogP contribution is -2.51. The molecule has 1 aromatic heterocycles. The normalized spacial score (nSPS) is 16.7. The summed E-state index contributed by atoms with van der Waals surface area (Å²) in [6.07, 6.45) is 3.18. The zero-order chi connectivity index (χ0) is 28.1. The van der Waals surface area contributed by atoms with E-state index in [1.165, 1.54) is 12.1 Å². The molecular weight excluding hydrogens is 517 g/mol. The van der Waals surface area contributed by atoms with Gasteiger partial charge in [0.2, 0.25) is 0 Å². The van der Waals surface area contributed by atoms with Crippen molar-refractivity contribution in [3.63, 3.8) is 0 Å². The summed E-state index contributed by atoms with van der Waals surface area (Å²) in [4.78, 5) is 33.4. The summed E-state index contributed by atoms with van der Waals surface area (Å²) in [6.45, 7) is 2.68. The van der Waals surface area contributed by atoms with Gasteiger partial charge in [0.1, 0.15) is 28.8 Å². The molecule has 2 aromatic carbocycles. The Balaban J connectivity index is 1.12. The number of halogens is 3. The lowest BCUT2D eigenvalue weighted by Gasteiger charge is -2.41. The van der Waals surface area contributed by atoms with Crippen molar-refractivity contribution in [3.8, 4) is 23.1 Å². The van der Waals surface area contributed by atoms with Gasteiger partial charge in [0.15, 0.2) is 0 Å². The number of benzene rings is 2. The summed E-state index contributed by atoms with van der Waals surface area (Å²) in [5.74, 6) is 2.08. The zero-order valence-electron chi connectivity index (χ0n) is 21.9. The van der Waals surface area contributed by atoms with Crippen LogP contribution < -0.4 is 5.32 Å². The second-order valence-corrected chi connectivity index (χ2v) is 10.0. The molecule has 0 aliphatic carbocycles. The van der Waals surface area contributed by atoms with Gasteiger partial charge in [-0.05, 0) is 62.1 Å². The minimum atomic E-state index is -0.944. The van der Waals surface area contributed by atoms with Gasteiger partial charge in [0.25, 0.3) is 11.8 Å². The Morgan fingerprint density at radius 3 is 2.15 bits per heavy atom. The number of aromatic nitrogens is 1. The van der Waals surface area contributed by atoms with Crippen LogP contribution in [0, 0.1) is 29.3 Å². The third kappa shape index (κ3) is 6.35. The van der Waals surface area contributed by atoms with Crippen molar-refractivity contribution in [2.45, 2.75) is 37.8 Å². The summed E-state index contributed by atoms with van der Waals surface area (Å²) < 4.78 is 42.9. The summed E-state index contributed by atoms with van der Waals surface area (Å²) in [5.41, 5.74) is -0.357. The van der Waals surface area contributed by atoms with Gasteiger partial charge in [0.05, 0.1) is 5.56 Å². The molecular formula is C31H29F3N4O2. The van der Waals surface area contributed by atoms with Crippen LogP contribution in [-0.2, 0) is 4.79 Å². The Bertz CT molecular complexity index is 1420. The van der Waals surface area contributed by atoms with Crippen molar-refractivity contribution in [2.75, 3.05) is 26.2 Å². The first-order valence-corrected chi connectivity index (χ1v) is 13.4. The van der Waals surface area contributed by atoms with Crippen molar-refractivity contribution in [1.82, 2.24) is 20.1 Å². The van der Waals surface area contributed by atoms with E-state index in [0.717, 1.165) is 62.5 Å². The Morgan fingerprint density at radius 1 is 0.800 bits per heavy atom. The third-order valence-electron chi connectivity index (χ3n) is 7.49. The summed E-state index contributed by atoms with van der Waals surface area (Å²) in [6, 6.07) is 15.3. The number of hydrogen-bond donors (Lipinski definition) is 1. The maximum absolute atomic E-state index is 14.4. The molecule has 0 saturated carbocycles. The Labute approximate surface area is 231 Å². The quantitative estimate of drug-likeness (QED) is 0.493. The molecule has 0 unspecified atom stereocenters. The number of pyridine rings is 1. The molecule has 206 valence electrons. The van der Waals surface area contributed by atoms with E-state index in [-0.39, 0.29) is 17.6 Å². The topological polar surface area (TPSA) is 65.5 Å². The highest BCUT2D eigenvalue weighted by atomic mass is 19.1. The van der Waals surface area contributed by atoms with Crippen LogP contribution in [0.3, 0.4) is 0 Å². The lowest BCUT2D eigenvalue weighted by molar-refractivity contribution is -0.116. The summed E-state index contributed by atoms with van der Waals surface area (Å²) in [7, 11) is 0. The molecule has 3 aromatic rings. The molecule has 6 nitrogen and oxygen atoms in total. The second-order valence-electron chi connectivity index (χ2n) is 10.0.